The minimum absolute atomic E-state index is 0.0328. The van der Waals surface area contributed by atoms with Crippen molar-refractivity contribution in [3.8, 4) is 0 Å². The van der Waals surface area contributed by atoms with Gasteiger partial charge < -0.3 is 20.0 Å². The average Bonchev–Trinajstić information content (AvgIpc) is 2.61. The molecule has 0 unspecified atom stereocenters. The minimum atomic E-state index is -0.0328. The Bertz CT molecular complexity index is 766. The van der Waals surface area contributed by atoms with Gasteiger partial charge in [-0.3, -0.25) is 4.79 Å². The number of aromatic nitrogens is 2. The smallest absolute Gasteiger partial charge is 0.272 e. The molecule has 0 radical (unpaired) electrons. The Hall–Kier alpha value is -2.67. The normalized spacial score (nSPS) is 15.0. The molecule has 2 heterocycles. The number of hydrogen-bond donors (Lipinski definition) is 1. The van der Waals surface area contributed by atoms with Gasteiger partial charge in [-0.25, -0.2) is 9.97 Å². The van der Waals surface area contributed by atoms with E-state index in [0.717, 1.165) is 43.2 Å². The number of carbonyl (C=O) groups is 1. The molecule has 1 aliphatic rings. The first-order valence-electron chi connectivity index (χ1n) is 8.80. The highest BCUT2D eigenvalue weighted by atomic mass is 16.2. The molecule has 7 nitrogen and oxygen atoms in total. The van der Waals surface area contributed by atoms with Crippen LogP contribution >= 0.6 is 0 Å². The lowest BCUT2D eigenvalue weighted by atomic mass is 10.2. The lowest BCUT2D eigenvalue weighted by molar-refractivity contribution is 0.0658. The summed E-state index contributed by atoms with van der Waals surface area (Å²) < 4.78 is 0. The molecular weight excluding hydrogens is 328 g/mol. The van der Waals surface area contributed by atoms with Crippen molar-refractivity contribution in [2.75, 3.05) is 57.5 Å². The molecule has 1 aromatic heterocycles. The number of benzene rings is 1. The third kappa shape index (κ3) is 4.29. The molecule has 1 aliphatic heterocycles. The van der Waals surface area contributed by atoms with E-state index in [-0.39, 0.29) is 5.91 Å². The second-order valence-electron chi connectivity index (χ2n) is 6.88. The van der Waals surface area contributed by atoms with E-state index in [0.29, 0.717) is 11.6 Å². The van der Waals surface area contributed by atoms with Gasteiger partial charge in [-0.1, -0.05) is 0 Å². The lowest BCUT2D eigenvalue weighted by Crippen LogP contribution is -2.47. The Balaban J connectivity index is 1.75. The van der Waals surface area contributed by atoms with Crippen molar-refractivity contribution in [1.29, 1.82) is 0 Å². The van der Waals surface area contributed by atoms with E-state index in [1.807, 2.05) is 55.1 Å². The fourth-order valence-corrected chi connectivity index (χ4v) is 2.88. The summed E-state index contributed by atoms with van der Waals surface area (Å²) in [7, 11) is 6.07. The summed E-state index contributed by atoms with van der Waals surface area (Å²) in [4.78, 5) is 27.7. The van der Waals surface area contributed by atoms with E-state index in [4.69, 9.17) is 0 Å². The molecule has 1 saturated heterocycles. The number of rotatable bonds is 4. The van der Waals surface area contributed by atoms with Crippen LogP contribution in [0.3, 0.4) is 0 Å². The number of nitrogens with zero attached hydrogens (tertiary/aromatic N) is 5. The zero-order valence-electron chi connectivity index (χ0n) is 15.9. The summed E-state index contributed by atoms with van der Waals surface area (Å²) in [5, 5.41) is 3.20. The maximum atomic E-state index is 12.8. The van der Waals surface area contributed by atoms with Crippen molar-refractivity contribution in [2.24, 2.45) is 0 Å². The fourth-order valence-electron chi connectivity index (χ4n) is 2.88. The van der Waals surface area contributed by atoms with Gasteiger partial charge in [-0.2, -0.15) is 0 Å². The van der Waals surface area contributed by atoms with Gasteiger partial charge in [0, 0.05) is 57.3 Å². The third-order valence-corrected chi connectivity index (χ3v) is 4.50. The Kier molecular flexibility index (Phi) is 5.37. The highest BCUT2D eigenvalue weighted by molar-refractivity contribution is 5.92. The Morgan fingerprint density at radius 3 is 2.35 bits per heavy atom. The van der Waals surface area contributed by atoms with Crippen LogP contribution in [0.5, 0.6) is 0 Å². The molecule has 7 heteroatoms. The van der Waals surface area contributed by atoms with Crippen LogP contribution < -0.4 is 10.2 Å². The molecule has 0 atom stereocenters. The molecule has 1 aromatic carbocycles. The molecule has 26 heavy (non-hydrogen) atoms. The number of hydrogen-bond acceptors (Lipinski definition) is 6. The first-order chi connectivity index (χ1) is 12.4. The summed E-state index contributed by atoms with van der Waals surface area (Å²) in [6.07, 6.45) is 0. The van der Waals surface area contributed by atoms with Crippen LogP contribution in [0.1, 0.15) is 16.2 Å². The number of piperazine rings is 1. The molecule has 3 rings (SSSR count). The first-order valence-corrected chi connectivity index (χ1v) is 8.80. The molecule has 0 aliphatic carbocycles. The minimum Gasteiger partial charge on any atom is -0.378 e. The number of nitrogens with one attached hydrogen (secondary N) is 1. The lowest BCUT2D eigenvalue weighted by Gasteiger charge is -2.32. The zero-order valence-corrected chi connectivity index (χ0v) is 15.9. The van der Waals surface area contributed by atoms with Gasteiger partial charge in [0.25, 0.3) is 5.91 Å². The van der Waals surface area contributed by atoms with Crippen LogP contribution in [0.15, 0.2) is 30.3 Å². The quantitative estimate of drug-likeness (QED) is 0.906. The predicted octanol–water partition coefficient (Wildman–Crippen LogP) is 1.98. The molecule has 1 fully saturated rings. The van der Waals surface area contributed by atoms with E-state index in [1.165, 1.54) is 0 Å². The molecule has 1 amide bonds. The van der Waals surface area contributed by atoms with Crippen LogP contribution in [-0.2, 0) is 0 Å². The Labute approximate surface area is 154 Å². The maximum absolute atomic E-state index is 12.8. The summed E-state index contributed by atoms with van der Waals surface area (Å²) in [5.74, 6) is 0.412. The highest BCUT2D eigenvalue weighted by Crippen LogP contribution is 2.19. The van der Waals surface area contributed by atoms with Crippen LogP contribution in [0, 0.1) is 6.92 Å². The molecule has 138 valence electrons. The van der Waals surface area contributed by atoms with Crippen molar-refractivity contribution in [3.63, 3.8) is 0 Å². The molecule has 0 spiro atoms. The van der Waals surface area contributed by atoms with E-state index in [1.54, 1.807) is 6.07 Å². The van der Waals surface area contributed by atoms with E-state index >= 15 is 0 Å². The topological polar surface area (TPSA) is 64.6 Å². The van der Waals surface area contributed by atoms with Gasteiger partial charge in [0.05, 0.1) is 0 Å². The van der Waals surface area contributed by atoms with Crippen molar-refractivity contribution in [3.05, 3.63) is 41.7 Å². The van der Waals surface area contributed by atoms with Crippen molar-refractivity contribution in [2.45, 2.75) is 6.92 Å². The zero-order chi connectivity index (χ0) is 18.7. The van der Waals surface area contributed by atoms with E-state index < -0.39 is 0 Å². The monoisotopic (exact) mass is 354 g/mol. The Morgan fingerprint density at radius 2 is 1.73 bits per heavy atom. The van der Waals surface area contributed by atoms with Crippen molar-refractivity contribution in [1.82, 2.24) is 19.8 Å². The molecule has 0 saturated carbocycles. The molecule has 0 bridgehead atoms. The number of aryl methyl sites for hydroxylation is 1. The maximum Gasteiger partial charge on any atom is 0.272 e. The van der Waals surface area contributed by atoms with Crippen LogP contribution in [0.25, 0.3) is 0 Å². The predicted molar refractivity (Wildman–Crippen MR) is 104 cm³/mol. The molecule has 2 aromatic rings. The Morgan fingerprint density at radius 1 is 1.08 bits per heavy atom. The molecule has 1 N–H and O–H groups in total. The van der Waals surface area contributed by atoms with Gasteiger partial charge >= 0.3 is 0 Å². The SMILES string of the molecule is Cc1cc(C(=O)N2CCN(C)CC2)nc(Nc2ccc(N(C)C)cc2)n1. The van der Waals surface area contributed by atoms with Crippen LogP contribution in [0.4, 0.5) is 17.3 Å². The standard InChI is InChI=1S/C19H26N6O/c1-14-13-17(18(26)25-11-9-24(4)10-12-25)22-19(20-14)21-15-5-7-16(8-6-15)23(2)3/h5-8,13H,9-12H2,1-4H3,(H,20,21,22). The largest absolute Gasteiger partial charge is 0.378 e. The van der Waals surface area contributed by atoms with Gasteiger partial charge in [0.2, 0.25) is 5.95 Å². The first kappa shape index (κ1) is 18.1. The van der Waals surface area contributed by atoms with Gasteiger partial charge in [0.1, 0.15) is 5.69 Å². The van der Waals surface area contributed by atoms with Gasteiger partial charge in [-0.15, -0.1) is 0 Å². The van der Waals surface area contributed by atoms with E-state index in [2.05, 4.69) is 27.2 Å². The second-order valence-corrected chi connectivity index (χ2v) is 6.88. The third-order valence-electron chi connectivity index (χ3n) is 4.50. The van der Waals surface area contributed by atoms with Crippen molar-refractivity contribution < 1.29 is 4.79 Å². The average molecular weight is 354 g/mol. The van der Waals surface area contributed by atoms with Crippen LogP contribution in [0.2, 0.25) is 0 Å². The number of likely N-dealkylation sites (N-methyl/N-ethyl adjacent to an activating group) is 1. The van der Waals surface area contributed by atoms with E-state index in [9.17, 15) is 4.79 Å². The molecular formula is C19H26N6O. The van der Waals surface area contributed by atoms with Crippen LogP contribution in [-0.4, -0.2) is 73.0 Å². The second kappa shape index (κ2) is 7.70. The van der Waals surface area contributed by atoms with Gasteiger partial charge in [0.15, 0.2) is 0 Å². The summed E-state index contributed by atoms with van der Waals surface area (Å²) in [6, 6.07) is 9.75. The number of carbonyl (C=O) groups excluding carboxylic acids is 1. The van der Waals surface area contributed by atoms with Gasteiger partial charge in [-0.05, 0) is 44.3 Å². The summed E-state index contributed by atoms with van der Waals surface area (Å²) in [6.45, 7) is 5.11. The highest BCUT2D eigenvalue weighted by Gasteiger charge is 2.22. The summed E-state index contributed by atoms with van der Waals surface area (Å²) in [5.41, 5.74) is 3.21. The number of amides is 1. The van der Waals surface area contributed by atoms with Crippen molar-refractivity contribution >= 4 is 23.2 Å². The fraction of sp³-hybridized carbons (Fsp3) is 0.421. The number of anilines is 3. The summed E-state index contributed by atoms with van der Waals surface area (Å²) >= 11 is 0.